The van der Waals surface area contributed by atoms with Gasteiger partial charge in [-0.1, -0.05) is 12.1 Å². The molecule has 0 bridgehead atoms. The third kappa shape index (κ3) is 4.69. The molecule has 0 spiro atoms. The van der Waals surface area contributed by atoms with Gasteiger partial charge >= 0.3 is 0 Å². The van der Waals surface area contributed by atoms with Gasteiger partial charge in [0.1, 0.15) is 5.82 Å². The van der Waals surface area contributed by atoms with E-state index >= 15 is 0 Å². The SMILES string of the molecule is CN(CC(=O)Nc1ccc(C#N)cc1)Cc1cccc(F)c1. The number of halogens is 1. The second-order valence-corrected chi connectivity index (χ2v) is 5.04. The molecule has 5 heteroatoms. The lowest BCUT2D eigenvalue weighted by molar-refractivity contribution is -0.117. The molecule has 0 saturated carbocycles. The molecule has 1 amide bonds. The van der Waals surface area contributed by atoms with Crippen molar-refractivity contribution in [1.29, 1.82) is 5.26 Å². The number of anilines is 1. The highest BCUT2D eigenvalue weighted by atomic mass is 19.1. The lowest BCUT2D eigenvalue weighted by Crippen LogP contribution is -2.29. The van der Waals surface area contributed by atoms with Crippen molar-refractivity contribution in [3.63, 3.8) is 0 Å². The van der Waals surface area contributed by atoms with E-state index in [-0.39, 0.29) is 18.3 Å². The Morgan fingerprint density at radius 1 is 1.27 bits per heavy atom. The lowest BCUT2D eigenvalue weighted by Gasteiger charge is -2.16. The van der Waals surface area contributed by atoms with E-state index in [2.05, 4.69) is 5.32 Å². The number of amides is 1. The number of hydrogen-bond acceptors (Lipinski definition) is 3. The molecule has 22 heavy (non-hydrogen) atoms. The zero-order valence-electron chi connectivity index (χ0n) is 12.2. The summed E-state index contributed by atoms with van der Waals surface area (Å²) in [5, 5.41) is 11.5. The molecule has 0 aromatic heterocycles. The minimum absolute atomic E-state index is 0.163. The van der Waals surface area contributed by atoms with Gasteiger partial charge in [0, 0.05) is 12.2 Å². The second kappa shape index (κ2) is 7.34. The van der Waals surface area contributed by atoms with Gasteiger partial charge in [-0.05, 0) is 49.0 Å². The molecule has 0 heterocycles. The average Bonchev–Trinajstić information content (AvgIpc) is 2.47. The summed E-state index contributed by atoms with van der Waals surface area (Å²) >= 11 is 0. The van der Waals surface area contributed by atoms with E-state index in [0.717, 1.165) is 5.56 Å². The van der Waals surface area contributed by atoms with Crippen LogP contribution in [0.4, 0.5) is 10.1 Å². The van der Waals surface area contributed by atoms with Crippen molar-refractivity contribution in [3.8, 4) is 6.07 Å². The van der Waals surface area contributed by atoms with Crippen LogP contribution in [0.15, 0.2) is 48.5 Å². The van der Waals surface area contributed by atoms with Gasteiger partial charge in [-0.2, -0.15) is 5.26 Å². The lowest BCUT2D eigenvalue weighted by atomic mass is 10.2. The molecule has 0 unspecified atom stereocenters. The molecule has 1 N–H and O–H groups in total. The molecule has 0 aliphatic rings. The van der Waals surface area contributed by atoms with E-state index in [1.165, 1.54) is 12.1 Å². The van der Waals surface area contributed by atoms with Crippen LogP contribution in [0.25, 0.3) is 0 Å². The normalized spacial score (nSPS) is 10.3. The summed E-state index contributed by atoms with van der Waals surface area (Å²) in [6.45, 7) is 0.676. The fraction of sp³-hybridized carbons (Fsp3) is 0.176. The Bertz CT molecular complexity index is 692. The smallest absolute Gasteiger partial charge is 0.238 e. The molecule has 0 aliphatic heterocycles. The summed E-state index contributed by atoms with van der Waals surface area (Å²) in [5.41, 5.74) is 2.00. The van der Waals surface area contributed by atoms with Crippen molar-refractivity contribution in [2.24, 2.45) is 0 Å². The first-order valence-corrected chi connectivity index (χ1v) is 6.80. The topological polar surface area (TPSA) is 56.1 Å². The highest BCUT2D eigenvalue weighted by Crippen LogP contribution is 2.09. The first-order valence-electron chi connectivity index (χ1n) is 6.80. The van der Waals surface area contributed by atoms with Crippen LogP contribution in [0.2, 0.25) is 0 Å². The Morgan fingerprint density at radius 3 is 2.64 bits per heavy atom. The predicted octanol–water partition coefficient (Wildman–Crippen LogP) is 2.77. The van der Waals surface area contributed by atoms with Crippen LogP contribution in [0.1, 0.15) is 11.1 Å². The molecular formula is C17H16FN3O. The fourth-order valence-electron chi connectivity index (χ4n) is 2.08. The zero-order valence-corrected chi connectivity index (χ0v) is 12.2. The van der Waals surface area contributed by atoms with Crippen LogP contribution < -0.4 is 5.32 Å². The van der Waals surface area contributed by atoms with Crippen molar-refractivity contribution >= 4 is 11.6 Å². The number of carbonyl (C=O) groups excluding carboxylic acids is 1. The van der Waals surface area contributed by atoms with Crippen molar-refractivity contribution in [1.82, 2.24) is 4.90 Å². The summed E-state index contributed by atoms with van der Waals surface area (Å²) in [5.74, 6) is -0.448. The van der Waals surface area contributed by atoms with Gasteiger partial charge in [0.05, 0.1) is 18.2 Å². The Kier molecular flexibility index (Phi) is 5.23. The molecule has 0 radical (unpaired) electrons. The van der Waals surface area contributed by atoms with Crippen LogP contribution >= 0.6 is 0 Å². The Morgan fingerprint density at radius 2 is 2.00 bits per heavy atom. The van der Waals surface area contributed by atoms with Gasteiger partial charge in [-0.3, -0.25) is 9.69 Å². The van der Waals surface area contributed by atoms with Gasteiger partial charge in [0.25, 0.3) is 0 Å². The van der Waals surface area contributed by atoms with Crippen molar-refractivity contribution < 1.29 is 9.18 Å². The van der Waals surface area contributed by atoms with E-state index in [4.69, 9.17) is 5.26 Å². The molecule has 0 aliphatic carbocycles. The average molecular weight is 297 g/mol. The molecule has 2 aromatic carbocycles. The minimum Gasteiger partial charge on any atom is -0.325 e. The van der Waals surface area contributed by atoms with Crippen molar-refractivity contribution in [2.75, 3.05) is 18.9 Å². The van der Waals surface area contributed by atoms with E-state index in [1.807, 2.05) is 12.1 Å². The third-order valence-corrected chi connectivity index (χ3v) is 3.05. The fourth-order valence-corrected chi connectivity index (χ4v) is 2.08. The summed E-state index contributed by atoms with van der Waals surface area (Å²) in [7, 11) is 1.79. The number of likely N-dealkylation sites (N-methyl/N-ethyl adjacent to an activating group) is 1. The summed E-state index contributed by atoms with van der Waals surface area (Å²) in [4.78, 5) is 13.7. The maximum Gasteiger partial charge on any atom is 0.238 e. The predicted molar refractivity (Wildman–Crippen MR) is 82.5 cm³/mol. The monoisotopic (exact) mass is 297 g/mol. The van der Waals surface area contributed by atoms with E-state index in [9.17, 15) is 9.18 Å². The molecular weight excluding hydrogens is 281 g/mol. The largest absolute Gasteiger partial charge is 0.325 e. The first kappa shape index (κ1) is 15.7. The summed E-state index contributed by atoms with van der Waals surface area (Å²) in [6, 6.07) is 15.0. The van der Waals surface area contributed by atoms with Gasteiger partial charge in [-0.25, -0.2) is 4.39 Å². The second-order valence-electron chi connectivity index (χ2n) is 5.04. The molecule has 0 saturated heterocycles. The third-order valence-electron chi connectivity index (χ3n) is 3.05. The standard InChI is InChI=1S/C17H16FN3O/c1-21(11-14-3-2-4-15(18)9-14)12-17(22)20-16-7-5-13(10-19)6-8-16/h2-9H,11-12H2,1H3,(H,20,22). The molecule has 2 aromatic rings. The van der Waals surface area contributed by atoms with Gasteiger partial charge in [0.15, 0.2) is 0 Å². The van der Waals surface area contributed by atoms with Gasteiger partial charge in [0.2, 0.25) is 5.91 Å². The molecule has 0 fully saturated rings. The highest BCUT2D eigenvalue weighted by Gasteiger charge is 2.08. The van der Waals surface area contributed by atoms with Crippen molar-refractivity contribution in [2.45, 2.75) is 6.54 Å². The maximum absolute atomic E-state index is 13.1. The molecule has 112 valence electrons. The maximum atomic E-state index is 13.1. The van der Waals surface area contributed by atoms with E-state index in [0.29, 0.717) is 17.8 Å². The number of benzene rings is 2. The molecule has 2 rings (SSSR count). The number of nitrogens with zero attached hydrogens (tertiary/aromatic N) is 2. The number of hydrogen-bond donors (Lipinski definition) is 1. The van der Waals surface area contributed by atoms with Crippen LogP contribution in [0, 0.1) is 17.1 Å². The summed E-state index contributed by atoms with van der Waals surface area (Å²) in [6.07, 6.45) is 0. The first-order chi connectivity index (χ1) is 10.6. The van der Waals surface area contributed by atoms with Crippen molar-refractivity contribution in [3.05, 3.63) is 65.5 Å². The van der Waals surface area contributed by atoms with Crippen LogP contribution in [0.5, 0.6) is 0 Å². The Hall–Kier alpha value is -2.71. The quantitative estimate of drug-likeness (QED) is 0.923. The zero-order chi connectivity index (χ0) is 15.9. The van der Waals surface area contributed by atoms with Gasteiger partial charge < -0.3 is 5.32 Å². The summed E-state index contributed by atoms with van der Waals surface area (Å²) < 4.78 is 13.1. The molecule has 0 atom stereocenters. The highest BCUT2D eigenvalue weighted by molar-refractivity contribution is 5.92. The Labute approximate surface area is 128 Å². The minimum atomic E-state index is -0.284. The number of rotatable bonds is 5. The van der Waals surface area contributed by atoms with E-state index < -0.39 is 0 Å². The molecule has 4 nitrogen and oxygen atoms in total. The van der Waals surface area contributed by atoms with E-state index in [1.54, 1.807) is 42.3 Å². The van der Waals surface area contributed by atoms with Gasteiger partial charge in [-0.15, -0.1) is 0 Å². The van der Waals surface area contributed by atoms with Crippen LogP contribution in [-0.4, -0.2) is 24.4 Å². The number of nitriles is 1. The Balaban J connectivity index is 1.87. The number of nitrogens with one attached hydrogen (secondary N) is 1. The number of carbonyl (C=O) groups is 1. The van der Waals surface area contributed by atoms with Crippen LogP contribution in [0.3, 0.4) is 0 Å². The van der Waals surface area contributed by atoms with Crippen LogP contribution in [-0.2, 0) is 11.3 Å².